The summed E-state index contributed by atoms with van der Waals surface area (Å²) in [5.74, 6) is 0. The van der Waals surface area contributed by atoms with Crippen LogP contribution in [0.5, 0.6) is 0 Å². The van der Waals surface area contributed by atoms with Gasteiger partial charge in [0.25, 0.3) is 0 Å². The maximum Gasteiger partial charge on any atom is 0.0937 e. The third-order valence-corrected chi connectivity index (χ3v) is 2.80. The Balaban J connectivity index is 1.90. The highest BCUT2D eigenvalue weighted by Crippen LogP contribution is 2.03. The van der Waals surface area contributed by atoms with Crippen LogP contribution in [0.15, 0.2) is 11.6 Å². The second kappa shape index (κ2) is 6.92. The number of hydrogen-bond donors (Lipinski definition) is 1. The molecule has 0 spiro atoms. The van der Waals surface area contributed by atoms with E-state index in [9.17, 15) is 0 Å². The molecule has 4 heteroatoms. The van der Waals surface area contributed by atoms with Crippen molar-refractivity contribution in [2.75, 3.05) is 33.7 Å². The summed E-state index contributed by atoms with van der Waals surface area (Å²) in [7, 11) is 4.21. The van der Waals surface area contributed by atoms with E-state index in [0.717, 1.165) is 26.1 Å². The van der Waals surface area contributed by atoms with Gasteiger partial charge in [0.05, 0.1) is 5.01 Å². The van der Waals surface area contributed by atoms with Crippen molar-refractivity contribution in [3.8, 4) is 0 Å². The highest BCUT2D eigenvalue weighted by Gasteiger charge is 1.94. The van der Waals surface area contributed by atoms with Gasteiger partial charge in [-0.05, 0) is 33.6 Å². The molecule has 0 aliphatic heterocycles. The van der Waals surface area contributed by atoms with Gasteiger partial charge in [-0.15, -0.1) is 11.3 Å². The van der Waals surface area contributed by atoms with Crippen molar-refractivity contribution < 1.29 is 0 Å². The lowest BCUT2D eigenvalue weighted by Crippen LogP contribution is -2.22. The van der Waals surface area contributed by atoms with E-state index in [-0.39, 0.29) is 0 Å². The monoisotopic (exact) mass is 213 g/mol. The fraction of sp³-hybridized carbons (Fsp3) is 0.700. The summed E-state index contributed by atoms with van der Waals surface area (Å²) in [5.41, 5.74) is 0. The lowest BCUT2D eigenvalue weighted by Gasteiger charge is -2.09. The van der Waals surface area contributed by atoms with Crippen molar-refractivity contribution in [3.05, 3.63) is 16.6 Å². The summed E-state index contributed by atoms with van der Waals surface area (Å²) in [5, 5.41) is 6.68. The van der Waals surface area contributed by atoms with Crippen LogP contribution in [-0.4, -0.2) is 43.6 Å². The molecule has 1 heterocycles. The second-order valence-corrected chi connectivity index (χ2v) is 4.56. The fourth-order valence-electron chi connectivity index (χ4n) is 1.22. The summed E-state index contributed by atoms with van der Waals surface area (Å²) in [6, 6.07) is 0. The van der Waals surface area contributed by atoms with Gasteiger partial charge in [-0.1, -0.05) is 0 Å². The topological polar surface area (TPSA) is 28.2 Å². The molecule has 3 nitrogen and oxygen atoms in total. The Morgan fingerprint density at radius 1 is 1.43 bits per heavy atom. The zero-order valence-electron chi connectivity index (χ0n) is 8.99. The molecule has 0 saturated carbocycles. The van der Waals surface area contributed by atoms with Crippen molar-refractivity contribution in [2.45, 2.75) is 12.8 Å². The van der Waals surface area contributed by atoms with Gasteiger partial charge in [-0.3, -0.25) is 0 Å². The van der Waals surface area contributed by atoms with Gasteiger partial charge in [-0.2, -0.15) is 0 Å². The summed E-state index contributed by atoms with van der Waals surface area (Å²) in [6.45, 7) is 3.30. The molecule has 1 aromatic rings. The standard InChI is InChI=1S/C10H19N3S/c1-13(2)8-3-5-11-6-4-10-12-7-9-14-10/h7,9,11H,3-6,8H2,1-2H3. The first kappa shape index (κ1) is 11.6. The molecule has 0 saturated heterocycles. The Kier molecular flexibility index (Phi) is 5.75. The second-order valence-electron chi connectivity index (χ2n) is 3.58. The molecule has 14 heavy (non-hydrogen) atoms. The Hall–Kier alpha value is -0.450. The molecule has 1 N–H and O–H groups in total. The first-order valence-electron chi connectivity index (χ1n) is 5.03. The molecule has 0 aliphatic carbocycles. The molecule has 1 aromatic heterocycles. The van der Waals surface area contributed by atoms with E-state index in [2.05, 4.69) is 29.3 Å². The van der Waals surface area contributed by atoms with E-state index < -0.39 is 0 Å². The normalized spacial score (nSPS) is 11.1. The van der Waals surface area contributed by atoms with E-state index in [1.807, 2.05) is 11.6 Å². The maximum atomic E-state index is 4.23. The lowest BCUT2D eigenvalue weighted by atomic mass is 10.4. The molecule has 80 valence electrons. The van der Waals surface area contributed by atoms with E-state index in [1.165, 1.54) is 11.4 Å². The van der Waals surface area contributed by atoms with Crippen LogP contribution in [0.1, 0.15) is 11.4 Å². The summed E-state index contributed by atoms with van der Waals surface area (Å²) >= 11 is 1.73. The van der Waals surface area contributed by atoms with Gasteiger partial charge in [0.1, 0.15) is 0 Å². The minimum Gasteiger partial charge on any atom is -0.316 e. The van der Waals surface area contributed by atoms with Crippen LogP contribution in [0.25, 0.3) is 0 Å². The SMILES string of the molecule is CN(C)CCCNCCc1nccs1. The number of thiazole rings is 1. The van der Waals surface area contributed by atoms with Crippen LogP contribution in [-0.2, 0) is 6.42 Å². The quantitative estimate of drug-likeness (QED) is 0.690. The molecule has 0 aromatic carbocycles. The first-order chi connectivity index (χ1) is 6.79. The Bertz CT molecular complexity index is 221. The summed E-state index contributed by atoms with van der Waals surface area (Å²) < 4.78 is 0. The smallest absolute Gasteiger partial charge is 0.0937 e. The van der Waals surface area contributed by atoms with Crippen LogP contribution in [0.2, 0.25) is 0 Å². The molecule has 0 amide bonds. The average molecular weight is 213 g/mol. The summed E-state index contributed by atoms with van der Waals surface area (Å²) in [6.07, 6.45) is 4.14. The van der Waals surface area contributed by atoms with Gasteiger partial charge in [-0.25, -0.2) is 4.98 Å². The lowest BCUT2D eigenvalue weighted by molar-refractivity contribution is 0.395. The minimum absolute atomic E-state index is 1.04. The van der Waals surface area contributed by atoms with Gasteiger partial charge in [0, 0.05) is 24.5 Å². The van der Waals surface area contributed by atoms with Gasteiger partial charge in [0.2, 0.25) is 0 Å². The van der Waals surface area contributed by atoms with Crippen LogP contribution < -0.4 is 5.32 Å². The minimum atomic E-state index is 1.04. The molecule has 0 bridgehead atoms. The predicted molar refractivity (Wildman–Crippen MR) is 61.9 cm³/mol. The highest BCUT2D eigenvalue weighted by atomic mass is 32.1. The molecule has 0 aliphatic rings. The fourth-order valence-corrected chi connectivity index (χ4v) is 1.84. The zero-order chi connectivity index (χ0) is 10.2. The maximum absolute atomic E-state index is 4.23. The van der Waals surface area contributed by atoms with Gasteiger partial charge >= 0.3 is 0 Å². The Labute approximate surface area is 90.2 Å². The molecule has 0 fully saturated rings. The molecule has 0 unspecified atom stereocenters. The largest absolute Gasteiger partial charge is 0.316 e. The van der Waals surface area contributed by atoms with Gasteiger partial charge in [0.15, 0.2) is 0 Å². The first-order valence-corrected chi connectivity index (χ1v) is 5.91. The van der Waals surface area contributed by atoms with Crippen LogP contribution in [0, 0.1) is 0 Å². The van der Waals surface area contributed by atoms with E-state index >= 15 is 0 Å². The molecule has 1 rings (SSSR count). The molecular weight excluding hydrogens is 194 g/mol. The van der Waals surface area contributed by atoms with Crippen LogP contribution >= 0.6 is 11.3 Å². The zero-order valence-corrected chi connectivity index (χ0v) is 9.81. The van der Waals surface area contributed by atoms with E-state index in [0.29, 0.717) is 0 Å². The Morgan fingerprint density at radius 2 is 2.29 bits per heavy atom. The number of rotatable bonds is 7. The summed E-state index contributed by atoms with van der Waals surface area (Å²) in [4.78, 5) is 6.44. The third kappa shape index (κ3) is 5.32. The Morgan fingerprint density at radius 3 is 2.93 bits per heavy atom. The molecular formula is C10H19N3S. The van der Waals surface area contributed by atoms with Crippen molar-refractivity contribution in [1.82, 2.24) is 15.2 Å². The van der Waals surface area contributed by atoms with Crippen molar-refractivity contribution in [1.29, 1.82) is 0 Å². The van der Waals surface area contributed by atoms with Gasteiger partial charge < -0.3 is 10.2 Å². The van der Waals surface area contributed by atoms with Crippen molar-refractivity contribution in [3.63, 3.8) is 0 Å². The third-order valence-electron chi connectivity index (χ3n) is 1.96. The van der Waals surface area contributed by atoms with Crippen LogP contribution in [0.3, 0.4) is 0 Å². The average Bonchev–Trinajstić information content (AvgIpc) is 2.63. The van der Waals surface area contributed by atoms with E-state index in [4.69, 9.17) is 0 Å². The van der Waals surface area contributed by atoms with Crippen molar-refractivity contribution in [2.24, 2.45) is 0 Å². The van der Waals surface area contributed by atoms with E-state index in [1.54, 1.807) is 11.3 Å². The van der Waals surface area contributed by atoms with Crippen molar-refractivity contribution >= 4 is 11.3 Å². The number of nitrogens with one attached hydrogen (secondary N) is 1. The number of hydrogen-bond acceptors (Lipinski definition) is 4. The number of aromatic nitrogens is 1. The number of nitrogens with zero attached hydrogens (tertiary/aromatic N) is 2. The highest BCUT2D eigenvalue weighted by molar-refractivity contribution is 7.09. The predicted octanol–water partition coefficient (Wildman–Crippen LogP) is 1.23. The molecule has 0 radical (unpaired) electrons. The molecule has 0 atom stereocenters. The van der Waals surface area contributed by atoms with Crippen LogP contribution in [0.4, 0.5) is 0 Å².